The summed E-state index contributed by atoms with van der Waals surface area (Å²) in [4.78, 5) is 11.2. The van der Waals surface area contributed by atoms with E-state index >= 15 is 0 Å². The van der Waals surface area contributed by atoms with Gasteiger partial charge in [-0.25, -0.2) is 4.98 Å². The molecule has 0 aromatic carbocycles. The van der Waals surface area contributed by atoms with Crippen LogP contribution in [0.25, 0.3) is 0 Å². The highest BCUT2D eigenvalue weighted by Gasteiger charge is 2.08. The maximum Gasteiger partial charge on any atom is 0.194 e. The van der Waals surface area contributed by atoms with Crippen LogP contribution in [0.15, 0.2) is 10.4 Å². The monoisotopic (exact) mass is 396 g/mol. The summed E-state index contributed by atoms with van der Waals surface area (Å²) >= 11 is 1.69. The van der Waals surface area contributed by atoms with Crippen molar-refractivity contribution in [2.24, 2.45) is 10.9 Å². The number of aryl methyl sites for hydroxylation is 1. The van der Waals surface area contributed by atoms with Gasteiger partial charge in [0.05, 0.1) is 17.2 Å². The Morgan fingerprint density at radius 2 is 2.21 bits per heavy atom. The standard InChI is InChI=1S/C13H24N4S.HI/c1-6-14-13(15-7-10(2)3)17(5)8-12-9-18-11(4)16-12;/h9-10H,6-8H2,1-5H3,(H,14,15);1H. The van der Waals surface area contributed by atoms with Crippen molar-refractivity contribution in [3.05, 3.63) is 16.1 Å². The fraction of sp³-hybridized carbons (Fsp3) is 0.692. The first-order valence-electron chi connectivity index (χ1n) is 6.43. The number of aliphatic imine (C=N–C) groups is 1. The van der Waals surface area contributed by atoms with E-state index in [9.17, 15) is 0 Å². The van der Waals surface area contributed by atoms with Crippen molar-refractivity contribution in [1.82, 2.24) is 15.2 Å². The molecule has 0 atom stereocenters. The lowest BCUT2D eigenvalue weighted by molar-refractivity contribution is 0.468. The first-order valence-corrected chi connectivity index (χ1v) is 7.31. The van der Waals surface area contributed by atoms with Gasteiger partial charge in [0, 0.05) is 25.5 Å². The van der Waals surface area contributed by atoms with E-state index in [0.717, 1.165) is 36.3 Å². The minimum absolute atomic E-state index is 0. The molecule has 6 heteroatoms. The maximum absolute atomic E-state index is 4.62. The third kappa shape index (κ3) is 7.10. The van der Waals surface area contributed by atoms with Gasteiger partial charge in [-0.1, -0.05) is 13.8 Å². The maximum atomic E-state index is 4.62. The second-order valence-electron chi connectivity index (χ2n) is 4.80. The van der Waals surface area contributed by atoms with Crippen molar-refractivity contribution in [3.8, 4) is 0 Å². The average molecular weight is 396 g/mol. The van der Waals surface area contributed by atoms with Crippen LogP contribution in [0.2, 0.25) is 0 Å². The van der Waals surface area contributed by atoms with Crippen LogP contribution < -0.4 is 5.32 Å². The number of guanidine groups is 1. The van der Waals surface area contributed by atoms with Gasteiger partial charge in [0.1, 0.15) is 0 Å². The summed E-state index contributed by atoms with van der Waals surface area (Å²) < 4.78 is 0. The van der Waals surface area contributed by atoms with Gasteiger partial charge in [0.15, 0.2) is 5.96 Å². The molecule has 0 spiro atoms. The highest BCUT2D eigenvalue weighted by Crippen LogP contribution is 2.09. The molecule has 1 aromatic heterocycles. The number of aromatic nitrogens is 1. The fourth-order valence-electron chi connectivity index (χ4n) is 1.54. The summed E-state index contributed by atoms with van der Waals surface area (Å²) in [5.74, 6) is 1.53. The van der Waals surface area contributed by atoms with Crippen molar-refractivity contribution in [2.45, 2.75) is 34.2 Å². The van der Waals surface area contributed by atoms with Gasteiger partial charge in [-0.05, 0) is 19.8 Å². The van der Waals surface area contributed by atoms with E-state index in [1.54, 1.807) is 11.3 Å². The molecule has 0 unspecified atom stereocenters. The summed E-state index contributed by atoms with van der Waals surface area (Å²) in [6.07, 6.45) is 0. The Balaban J connectivity index is 0.00000324. The highest BCUT2D eigenvalue weighted by molar-refractivity contribution is 14.0. The van der Waals surface area contributed by atoms with E-state index in [1.165, 1.54) is 0 Å². The van der Waals surface area contributed by atoms with E-state index in [1.807, 2.05) is 6.92 Å². The first kappa shape index (κ1) is 18.6. The smallest absolute Gasteiger partial charge is 0.194 e. The molecule has 19 heavy (non-hydrogen) atoms. The van der Waals surface area contributed by atoms with Gasteiger partial charge >= 0.3 is 0 Å². The molecule has 0 radical (unpaired) electrons. The number of nitrogens with one attached hydrogen (secondary N) is 1. The molecule has 1 rings (SSSR count). The van der Waals surface area contributed by atoms with Gasteiger partial charge in [-0.15, -0.1) is 35.3 Å². The van der Waals surface area contributed by atoms with Crippen molar-refractivity contribution in [1.29, 1.82) is 0 Å². The largest absolute Gasteiger partial charge is 0.357 e. The van der Waals surface area contributed by atoms with Gasteiger partial charge in [-0.2, -0.15) is 0 Å². The normalized spacial score (nSPS) is 11.4. The zero-order valence-corrected chi connectivity index (χ0v) is 15.6. The molecule has 0 aliphatic carbocycles. The second-order valence-corrected chi connectivity index (χ2v) is 5.86. The summed E-state index contributed by atoms with van der Waals surface area (Å²) in [6, 6.07) is 0. The number of halogens is 1. The molecule has 1 heterocycles. The lowest BCUT2D eigenvalue weighted by Gasteiger charge is -2.21. The van der Waals surface area contributed by atoms with Crippen LogP contribution in [0.1, 0.15) is 31.5 Å². The molecule has 1 N–H and O–H groups in total. The molecule has 0 fully saturated rings. The Morgan fingerprint density at radius 3 is 2.68 bits per heavy atom. The molecular formula is C13H25IN4S. The average Bonchev–Trinajstić information content (AvgIpc) is 2.69. The van der Waals surface area contributed by atoms with E-state index in [4.69, 9.17) is 0 Å². The number of nitrogens with zero attached hydrogens (tertiary/aromatic N) is 3. The minimum atomic E-state index is 0. The number of hydrogen-bond acceptors (Lipinski definition) is 3. The fourth-order valence-corrected chi connectivity index (χ4v) is 2.14. The molecule has 0 aliphatic rings. The molecule has 1 aromatic rings. The van der Waals surface area contributed by atoms with Gasteiger partial charge < -0.3 is 10.2 Å². The zero-order chi connectivity index (χ0) is 13.5. The van der Waals surface area contributed by atoms with Gasteiger partial charge in [0.2, 0.25) is 0 Å². The van der Waals surface area contributed by atoms with E-state index < -0.39 is 0 Å². The molecule has 0 saturated heterocycles. The predicted molar refractivity (Wildman–Crippen MR) is 94.5 cm³/mol. The van der Waals surface area contributed by atoms with Gasteiger partial charge in [-0.3, -0.25) is 4.99 Å². The molecule has 0 amide bonds. The lowest BCUT2D eigenvalue weighted by Crippen LogP contribution is -2.38. The van der Waals surface area contributed by atoms with Crippen molar-refractivity contribution < 1.29 is 0 Å². The summed E-state index contributed by atoms with van der Waals surface area (Å²) in [5.41, 5.74) is 1.11. The van der Waals surface area contributed by atoms with Crippen LogP contribution in [0.4, 0.5) is 0 Å². The molecule has 4 nitrogen and oxygen atoms in total. The Kier molecular flexibility index (Phi) is 9.34. The molecule has 0 aliphatic heterocycles. The van der Waals surface area contributed by atoms with Crippen LogP contribution in [0, 0.1) is 12.8 Å². The Hall–Kier alpha value is -0.370. The van der Waals surface area contributed by atoms with Crippen molar-refractivity contribution in [2.75, 3.05) is 20.1 Å². The van der Waals surface area contributed by atoms with E-state index in [-0.39, 0.29) is 24.0 Å². The summed E-state index contributed by atoms with van der Waals surface area (Å²) in [6.45, 7) is 11.0. The third-order valence-electron chi connectivity index (χ3n) is 2.37. The Bertz CT molecular complexity index is 390. The topological polar surface area (TPSA) is 40.5 Å². The van der Waals surface area contributed by atoms with Crippen LogP contribution in [-0.4, -0.2) is 36.0 Å². The van der Waals surface area contributed by atoms with Gasteiger partial charge in [0.25, 0.3) is 0 Å². The zero-order valence-electron chi connectivity index (χ0n) is 12.4. The number of thiazole rings is 1. The van der Waals surface area contributed by atoms with Crippen LogP contribution in [0.5, 0.6) is 0 Å². The van der Waals surface area contributed by atoms with Crippen molar-refractivity contribution in [3.63, 3.8) is 0 Å². The number of hydrogen-bond donors (Lipinski definition) is 1. The Labute approximate surface area is 137 Å². The quantitative estimate of drug-likeness (QED) is 0.472. The Morgan fingerprint density at radius 1 is 1.53 bits per heavy atom. The lowest BCUT2D eigenvalue weighted by atomic mass is 10.2. The van der Waals surface area contributed by atoms with Crippen LogP contribution >= 0.6 is 35.3 Å². The predicted octanol–water partition coefficient (Wildman–Crippen LogP) is 3.12. The van der Waals surface area contributed by atoms with Crippen molar-refractivity contribution >= 4 is 41.3 Å². The number of rotatable bonds is 5. The van der Waals surface area contributed by atoms with Crippen LogP contribution in [0.3, 0.4) is 0 Å². The van der Waals surface area contributed by atoms with Crippen LogP contribution in [-0.2, 0) is 6.54 Å². The molecular weight excluding hydrogens is 371 g/mol. The van der Waals surface area contributed by atoms with E-state index in [0.29, 0.717) is 5.92 Å². The molecule has 0 bridgehead atoms. The SMILES string of the molecule is CCNC(=NCC(C)C)N(C)Cc1csc(C)n1.I. The second kappa shape index (κ2) is 9.52. The highest BCUT2D eigenvalue weighted by atomic mass is 127. The molecule has 110 valence electrons. The molecule has 0 saturated carbocycles. The summed E-state index contributed by atoms with van der Waals surface area (Å²) in [5, 5.41) is 6.54. The first-order chi connectivity index (χ1) is 8.52. The summed E-state index contributed by atoms with van der Waals surface area (Å²) in [7, 11) is 2.05. The van der Waals surface area contributed by atoms with E-state index in [2.05, 4.69) is 53.4 Å². The minimum Gasteiger partial charge on any atom is -0.357 e. The third-order valence-corrected chi connectivity index (χ3v) is 3.19.